The van der Waals surface area contributed by atoms with Crippen LogP contribution < -0.4 is 29.6 Å². The van der Waals surface area contributed by atoms with Crippen LogP contribution in [0.4, 0.5) is 0 Å². The zero-order valence-electron chi connectivity index (χ0n) is 17.9. The van der Waals surface area contributed by atoms with Crippen LogP contribution in [0.5, 0.6) is 0 Å². The number of aliphatic carboxylic acids is 2. The molecular formula is C22H41NaO4. The first-order chi connectivity index (χ1) is 12.5. The van der Waals surface area contributed by atoms with Crippen molar-refractivity contribution in [3.8, 4) is 0 Å². The van der Waals surface area contributed by atoms with Gasteiger partial charge in [-0.1, -0.05) is 103 Å². The van der Waals surface area contributed by atoms with Gasteiger partial charge in [-0.3, -0.25) is 0 Å². The van der Waals surface area contributed by atoms with Crippen molar-refractivity contribution in [2.24, 2.45) is 0 Å². The summed E-state index contributed by atoms with van der Waals surface area (Å²) in [6.45, 7) is 6.18. The Hall–Kier alpha value is -0.320. The molecule has 0 aliphatic heterocycles. The van der Waals surface area contributed by atoms with Crippen molar-refractivity contribution in [1.29, 1.82) is 0 Å². The third-order valence-electron chi connectivity index (χ3n) is 4.22. The third kappa shape index (κ3) is 37.2. The summed E-state index contributed by atoms with van der Waals surface area (Å²) in [5.74, 6) is -2.51. The fourth-order valence-corrected chi connectivity index (χ4v) is 2.69. The standard InChI is InChI=1S/C18H37.C4H4O4.Na/c1-3-5-7-9-11-13-15-17-18-16-14-12-10-8-6-4-2;5-3(6)1-2-4(7)8;/h1,3-18H2,2H3;1-2H,(H,5,6)(H,7,8);/q-1;;+1. The van der Waals surface area contributed by atoms with Crippen molar-refractivity contribution in [2.45, 2.75) is 110 Å². The molecule has 0 unspecified atom stereocenters. The topological polar surface area (TPSA) is 74.6 Å². The summed E-state index contributed by atoms with van der Waals surface area (Å²) in [6.07, 6.45) is 23.9. The summed E-state index contributed by atoms with van der Waals surface area (Å²) in [5.41, 5.74) is 0. The number of carboxylic acids is 2. The van der Waals surface area contributed by atoms with Gasteiger partial charge in [0.05, 0.1) is 0 Å². The van der Waals surface area contributed by atoms with Crippen LogP contribution in [0.2, 0.25) is 0 Å². The molecule has 5 heteroatoms. The van der Waals surface area contributed by atoms with Crippen LogP contribution in [0.3, 0.4) is 0 Å². The normalized spacial score (nSPS) is 10.1. The molecule has 154 valence electrons. The van der Waals surface area contributed by atoms with Crippen molar-refractivity contribution in [3.05, 3.63) is 19.1 Å². The van der Waals surface area contributed by atoms with E-state index in [0.717, 1.165) is 6.42 Å². The molecule has 0 fully saturated rings. The number of rotatable bonds is 17. The van der Waals surface area contributed by atoms with E-state index in [1.807, 2.05) is 0 Å². The second-order valence-corrected chi connectivity index (χ2v) is 6.81. The predicted molar refractivity (Wildman–Crippen MR) is 109 cm³/mol. The second-order valence-electron chi connectivity index (χ2n) is 6.81. The molecule has 0 aliphatic rings. The number of unbranched alkanes of at least 4 members (excludes halogenated alkanes) is 15. The molecule has 0 amide bonds. The van der Waals surface area contributed by atoms with E-state index < -0.39 is 11.9 Å². The molecule has 0 aromatic carbocycles. The van der Waals surface area contributed by atoms with Crippen molar-refractivity contribution in [2.75, 3.05) is 0 Å². The fraction of sp³-hybridized carbons (Fsp3) is 0.773. The average Bonchev–Trinajstić information content (AvgIpc) is 2.61. The maximum atomic E-state index is 9.55. The van der Waals surface area contributed by atoms with Crippen molar-refractivity contribution < 1.29 is 49.4 Å². The number of carbonyl (C=O) groups is 2. The minimum Gasteiger partial charge on any atom is -0.478 e. The molecule has 0 aromatic rings. The molecular weight excluding hydrogens is 351 g/mol. The first-order valence-corrected chi connectivity index (χ1v) is 10.5. The van der Waals surface area contributed by atoms with Gasteiger partial charge in [0.2, 0.25) is 0 Å². The first kappa shape index (κ1) is 31.4. The van der Waals surface area contributed by atoms with Gasteiger partial charge in [0.25, 0.3) is 0 Å². The van der Waals surface area contributed by atoms with E-state index in [0.29, 0.717) is 12.2 Å². The Balaban J connectivity index is -0.000000542. The van der Waals surface area contributed by atoms with Gasteiger partial charge in [-0.2, -0.15) is 6.42 Å². The van der Waals surface area contributed by atoms with Gasteiger partial charge in [-0.15, -0.1) is 0 Å². The minimum atomic E-state index is -1.26. The third-order valence-corrected chi connectivity index (χ3v) is 4.22. The molecule has 0 atom stereocenters. The Morgan fingerprint density at radius 1 is 0.630 bits per heavy atom. The van der Waals surface area contributed by atoms with E-state index >= 15 is 0 Å². The molecule has 0 saturated carbocycles. The maximum absolute atomic E-state index is 9.55. The zero-order chi connectivity index (χ0) is 19.9. The van der Waals surface area contributed by atoms with Crippen molar-refractivity contribution >= 4 is 11.9 Å². The van der Waals surface area contributed by atoms with Gasteiger partial charge in [0, 0.05) is 12.2 Å². The van der Waals surface area contributed by atoms with Gasteiger partial charge in [-0.05, 0) is 0 Å². The molecule has 27 heavy (non-hydrogen) atoms. The van der Waals surface area contributed by atoms with E-state index in [9.17, 15) is 9.59 Å². The maximum Gasteiger partial charge on any atom is 1.00 e. The van der Waals surface area contributed by atoms with Crippen LogP contribution in [0, 0.1) is 6.92 Å². The predicted octanol–water partition coefficient (Wildman–Crippen LogP) is 3.80. The Labute approximate surface area is 189 Å². The second kappa shape index (κ2) is 27.9. The fourth-order valence-electron chi connectivity index (χ4n) is 2.69. The summed E-state index contributed by atoms with van der Waals surface area (Å²) in [7, 11) is 0. The average molecular weight is 393 g/mol. The van der Waals surface area contributed by atoms with Gasteiger partial charge < -0.3 is 17.1 Å². The molecule has 2 N–H and O–H groups in total. The van der Waals surface area contributed by atoms with Crippen LogP contribution in [0.1, 0.15) is 110 Å². The van der Waals surface area contributed by atoms with E-state index in [1.54, 1.807) is 0 Å². The quantitative estimate of drug-likeness (QED) is 0.171. The van der Waals surface area contributed by atoms with E-state index in [-0.39, 0.29) is 29.6 Å². The van der Waals surface area contributed by atoms with Crippen LogP contribution >= 0.6 is 0 Å². The molecule has 0 radical (unpaired) electrons. The minimum absolute atomic E-state index is 0. The van der Waals surface area contributed by atoms with Gasteiger partial charge in [-0.25, -0.2) is 9.59 Å². The molecule has 0 bridgehead atoms. The zero-order valence-corrected chi connectivity index (χ0v) is 19.9. The Kier molecular flexibility index (Phi) is 32.4. The SMILES string of the molecule is O=C(O)C=CC(=O)O.[CH2-]CCCCCCCCCCCCCCCCC.[Na+]. The molecule has 0 rings (SSSR count). The molecule has 4 nitrogen and oxygen atoms in total. The van der Waals surface area contributed by atoms with Gasteiger partial charge in [0.1, 0.15) is 0 Å². The molecule has 0 aliphatic carbocycles. The smallest absolute Gasteiger partial charge is 0.478 e. The Morgan fingerprint density at radius 2 is 0.889 bits per heavy atom. The number of hydrogen-bond acceptors (Lipinski definition) is 2. The molecule has 0 heterocycles. The Bertz CT molecular complexity index is 311. The molecule has 0 spiro atoms. The van der Waals surface area contributed by atoms with Crippen LogP contribution in [-0.4, -0.2) is 22.2 Å². The monoisotopic (exact) mass is 392 g/mol. The van der Waals surface area contributed by atoms with Crippen LogP contribution in [-0.2, 0) is 9.59 Å². The van der Waals surface area contributed by atoms with E-state index in [4.69, 9.17) is 10.2 Å². The summed E-state index contributed by atoms with van der Waals surface area (Å²) >= 11 is 0. The number of carboxylic acid groups (broad SMARTS) is 2. The van der Waals surface area contributed by atoms with Crippen molar-refractivity contribution in [1.82, 2.24) is 0 Å². The Morgan fingerprint density at radius 3 is 1.11 bits per heavy atom. The molecule has 0 saturated heterocycles. The van der Waals surface area contributed by atoms with E-state index in [1.165, 1.54) is 96.3 Å². The summed E-state index contributed by atoms with van der Waals surface area (Å²) in [4.78, 5) is 19.1. The largest absolute Gasteiger partial charge is 1.00 e. The van der Waals surface area contributed by atoms with Gasteiger partial charge >= 0.3 is 41.5 Å². The van der Waals surface area contributed by atoms with Crippen molar-refractivity contribution in [3.63, 3.8) is 0 Å². The van der Waals surface area contributed by atoms with E-state index in [2.05, 4.69) is 13.8 Å². The first-order valence-electron chi connectivity index (χ1n) is 10.5. The summed E-state index contributed by atoms with van der Waals surface area (Å²) < 4.78 is 0. The summed E-state index contributed by atoms with van der Waals surface area (Å²) in [5, 5.41) is 15.6. The number of hydrogen-bond donors (Lipinski definition) is 2. The summed E-state index contributed by atoms with van der Waals surface area (Å²) in [6, 6.07) is 0. The van der Waals surface area contributed by atoms with Gasteiger partial charge in [0.15, 0.2) is 0 Å². The van der Waals surface area contributed by atoms with Crippen LogP contribution in [0.25, 0.3) is 0 Å². The van der Waals surface area contributed by atoms with Crippen LogP contribution in [0.15, 0.2) is 12.2 Å². The molecule has 0 aromatic heterocycles.